The van der Waals surface area contributed by atoms with E-state index in [9.17, 15) is 17.6 Å². The van der Waals surface area contributed by atoms with Crippen molar-refractivity contribution in [1.82, 2.24) is 4.31 Å². The van der Waals surface area contributed by atoms with Crippen LogP contribution in [-0.4, -0.2) is 31.2 Å². The molecule has 106 valence electrons. The zero-order valence-corrected chi connectivity index (χ0v) is 11.4. The molecule has 19 heavy (non-hydrogen) atoms. The van der Waals surface area contributed by atoms with Crippen LogP contribution in [0.5, 0.6) is 0 Å². The summed E-state index contributed by atoms with van der Waals surface area (Å²) in [6, 6.07) is 2.67. The van der Waals surface area contributed by atoms with Crippen molar-refractivity contribution in [2.45, 2.75) is 24.8 Å². The zero-order valence-electron chi connectivity index (χ0n) is 10.6. The molecule has 1 aromatic carbocycles. The number of primary amides is 1. The van der Waals surface area contributed by atoms with Crippen LogP contribution in [0.3, 0.4) is 0 Å². The van der Waals surface area contributed by atoms with Crippen LogP contribution in [0.25, 0.3) is 0 Å². The molecule has 0 radical (unpaired) electrons. The Bertz CT molecular complexity index is 587. The molecule has 0 saturated carbocycles. The number of nitrogens with two attached hydrogens (primary N) is 2. The van der Waals surface area contributed by atoms with E-state index in [1.807, 2.05) is 0 Å². The third-order valence-electron chi connectivity index (χ3n) is 2.47. The highest BCUT2D eigenvalue weighted by atomic mass is 32.2. The minimum absolute atomic E-state index is 0.148. The average Bonchev–Trinajstić information content (AvgIpc) is 2.28. The van der Waals surface area contributed by atoms with Gasteiger partial charge in [0.15, 0.2) is 0 Å². The molecule has 0 aliphatic rings. The summed E-state index contributed by atoms with van der Waals surface area (Å²) in [5, 5.41) is 0. The fourth-order valence-electron chi connectivity index (χ4n) is 1.50. The quantitative estimate of drug-likeness (QED) is 0.760. The van der Waals surface area contributed by atoms with Gasteiger partial charge < -0.3 is 11.5 Å². The van der Waals surface area contributed by atoms with E-state index in [0.29, 0.717) is 0 Å². The second-order valence-corrected chi connectivity index (χ2v) is 6.18. The van der Waals surface area contributed by atoms with Crippen molar-refractivity contribution in [3.05, 3.63) is 24.0 Å². The van der Waals surface area contributed by atoms with Gasteiger partial charge in [0, 0.05) is 6.04 Å². The number of amides is 1. The monoisotopic (exact) mass is 289 g/mol. The number of nitrogen functional groups attached to an aromatic ring is 1. The second kappa shape index (κ2) is 5.54. The Labute approximate surface area is 111 Å². The summed E-state index contributed by atoms with van der Waals surface area (Å²) in [5.41, 5.74) is 10.2. The largest absolute Gasteiger partial charge is 0.396 e. The molecule has 0 unspecified atom stereocenters. The van der Waals surface area contributed by atoms with Gasteiger partial charge in [-0.05, 0) is 32.0 Å². The van der Waals surface area contributed by atoms with Gasteiger partial charge in [-0.1, -0.05) is 0 Å². The summed E-state index contributed by atoms with van der Waals surface area (Å²) in [4.78, 5) is 10.7. The second-order valence-electron chi connectivity index (χ2n) is 4.29. The smallest absolute Gasteiger partial charge is 0.243 e. The maximum atomic E-state index is 13.3. The van der Waals surface area contributed by atoms with Crippen LogP contribution in [0.1, 0.15) is 13.8 Å². The lowest BCUT2D eigenvalue weighted by Gasteiger charge is -2.24. The summed E-state index contributed by atoms with van der Waals surface area (Å²) in [7, 11) is -4.00. The lowest BCUT2D eigenvalue weighted by molar-refractivity contribution is -0.118. The lowest BCUT2D eigenvalue weighted by atomic mass is 10.3. The van der Waals surface area contributed by atoms with Crippen LogP contribution >= 0.6 is 0 Å². The van der Waals surface area contributed by atoms with Gasteiger partial charge in [0.1, 0.15) is 5.82 Å². The summed E-state index contributed by atoms with van der Waals surface area (Å²) in [6.45, 7) is 2.72. The molecule has 0 fully saturated rings. The molecule has 0 heterocycles. The molecule has 4 N–H and O–H groups in total. The topological polar surface area (TPSA) is 106 Å². The fourth-order valence-corrected chi connectivity index (χ4v) is 3.12. The first-order valence-corrected chi connectivity index (χ1v) is 6.95. The Morgan fingerprint density at radius 3 is 2.42 bits per heavy atom. The number of halogens is 1. The van der Waals surface area contributed by atoms with Crippen molar-refractivity contribution >= 4 is 21.6 Å². The molecule has 8 heteroatoms. The molecule has 0 atom stereocenters. The molecular formula is C11H16FN3O3S. The van der Waals surface area contributed by atoms with Crippen LogP contribution in [-0.2, 0) is 14.8 Å². The van der Waals surface area contributed by atoms with Gasteiger partial charge in [-0.3, -0.25) is 4.79 Å². The van der Waals surface area contributed by atoms with Gasteiger partial charge >= 0.3 is 0 Å². The number of hydrogen-bond donors (Lipinski definition) is 2. The Balaban J connectivity index is 3.26. The highest BCUT2D eigenvalue weighted by molar-refractivity contribution is 7.89. The van der Waals surface area contributed by atoms with Crippen molar-refractivity contribution in [2.24, 2.45) is 5.73 Å². The first-order valence-electron chi connectivity index (χ1n) is 5.51. The summed E-state index contributed by atoms with van der Waals surface area (Å²) in [5.74, 6) is -1.61. The molecule has 1 rings (SSSR count). The van der Waals surface area contributed by atoms with Crippen LogP contribution in [0.4, 0.5) is 10.1 Å². The molecule has 6 nitrogen and oxygen atoms in total. The van der Waals surface area contributed by atoms with Gasteiger partial charge in [-0.2, -0.15) is 4.31 Å². The number of rotatable bonds is 5. The lowest BCUT2D eigenvalue weighted by Crippen LogP contribution is -2.42. The van der Waals surface area contributed by atoms with E-state index in [1.54, 1.807) is 13.8 Å². The van der Waals surface area contributed by atoms with E-state index in [2.05, 4.69) is 0 Å². The van der Waals surface area contributed by atoms with Crippen LogP contribution in [0.2, 0.25) is 0 Å². The minimum atomic E-state index is -4.00. The molecule has 0 bridgehead atoms. The highest BCUT2D eigenvalue weighted by Crippen LogP contribution is 2.21. The van der Waals surface area contributed by atoms with Crippen molar-refractivity contribution in [1.29, 1.82) is 0 Å². The summed E-state index contributed by atoms with van der Waals surface area (Å²) in [6.07, 6.45) is 0. The van der Waals surface area contributed by atoms with Gasteiger partial charge in [0.2, 0.25) is 15.9 Å². The standard InChI is InChI=1S/C11H16FN3O3S/c1-7(2)15(6-11(14)16)19(17,18)8-3-4-10(13)9(12)5-8/h3-5,7H,6,13H2,1-2H3,(H2,14,16). The number of carbonyl (C=O) groups is 1. The van der Waals surface area contributed by atoms with Crippen LogP contribution in [0.15, 0.2) is 23.1 Å². The Kier molecular flexibility index (Phi) is 4.48. The van der Waals surface area contributed by atoms with E-state index < -0.39 is 34.3 Å². The predicted molar refractivity (Wildman–Crippen MR) is 69.0 cm³/mol. The van der Waals surface area contributed by atoms with Crippen LogP contribution in [0, 0.1) is 5.82 Å². The van der Waals surface area contributed by atoms with Gasteiger partial charge in [0.05, 0.1) is 17.1 Å². The SMILES string of the molecule is CC(C)N(CC(N)=O)S(=O)(=O)c1ccc(N)c(F)c1. The third kappa shape index (κ3) is 3.42. The van der Waals surface area contributed by atoms with Crippen molar-refractivity contribution in [3.63, 3.8) is 0 Å². The molecule has 1 amide bonds. The molecule has 0 aliphatic carbocycles. The molecule has 0 spiro atoms. The molecular weight excluding hydrogens is 273 g/mol. The molecule has 0 saturated heterocycles. The normalized spacial score (nSPS) is 12.1. The van der Waals surface area contributed by atoms with Crippen molar-refractivity contribution in [3.8, 4) is 0 Å². The number of anilines is 1. The highest BCUT2D eigenvalue weighted by Gasteiger charge is 2.28. The van der Waals surface area contributed by atoms with Crippen molar-refractivity contribution < 1.29 is 17.6 Å². The fraction of sp³-hybridized carbons (Fsp3) is 0.364. The van der Waals surface area contributed by atoms with E-state index in [0.717, 1.165) is 16.4 Å². The number of hydrogen-bond acceptors (Lipinski definition) is 4. The van der Waals surface area contributed by atoms with Crippen molar-refractivity contribution in [2.75, 3.05) is 12.3 Å². The zero-order chi connectivity index (χ0) is 14.8. The van der Waals surface area contributed by atoms with Gasteiger partial charge in [-0.25, -0.2) is 12.8 Å². The van der Waals surface area contributed by atoms with Gasteiger partial charge in [0.25, 0.3) is 0 Å². The first-order chi connectivity index (χ1) is 8.66. The van der Waals surface area contributed by atoms with E-state index >= 15 is 0 Å². The predicted octanol–water partition coefficient (Wildman–Crippen LogP) is 0.292. The number of benzene rings is 1. The van der Waals surface area contributed by atoms with E-state index in [-0.39, 0.29) is 10.6 Å². The van der Waals surface area contributed by atoms with E-state index in [4.69, 9.17) is 11.5 Å². The first kappa shape index (κ1) is 15.4. The summed E-state index contributed by atoms with van der Waals surface area (Å²) >= 11 is 0. The average molecular weight is 289 g/mol. The van der Waals surface area contributed by atoms with E-state index in [1.165, 1.54) is 6.07 Å². The number of carbonyl (C=O) groups excluding carboxylic acids is 1. The van der Waals surface area contributed by atoms with Gasteiger partial charge in [-0.15, -0.1) is 0 Å². The maximum absolute atomic E-state index is 13.3. The Morgan fingerprint density at radius 1 is 1.42 bits per heavy atom. The number of nitrogens with zero attached hydrogens (tertiary/aromatic N) is 1. The molecule has 1 aromatic rings. The molecule has 0 aliphatic heterocycles. The minimum Gasteiger partial charge on any atom is -0.396 e. The van der Waals surface area contributed by atoms with Crippen LogP contribution < -0.4 is 11.5 Å². The summed E-state index contributed by atoms with van der Waals surface area (Å²) < 4.78 is 38.8. The number of sulfonamides is 1. The molecule has 0 aromatic heterocycles. The Hall–Kier alpha value is -1.67. The third-order valence-corrected chi connectivity index (χ3v) is 4.48. The maximum Gasteiger partial charge on any atom is 0.243 e. The Morgan fingerprint density at radius 2 is 2.00 bits per heavy atom.